The molecule has 1 aromatic carbocycles. The quantitative estimate of drug-likeness (QED) is 0.920. The van der Waals surface area contributed by atoms with Crippen molar-refractivity contribution in [2.24, 2.45) is 5.73 Å². The van der Waals surface area contributed by atoms with Crippen LogP contribution in [0, 0.1) is 0 Å². The van der Waals surface area contributed by atoms with Crippen LogP contribution < -0.4 is 10.5 Å². The number of hydrogen-bond acceptors (Lipinski definition) is 3. The average Bonchev–Trinajstić information content (AvgIpc) is 2.41. The fraction of sp³-hybridized carbons (Fsp3) is 0.500. The van der Waals surface area contributed by atoms with E-state index in [2.05, 4.69) is 0 Å². The van der Waals surface area contributed by atoms with Gasteiger partial charge in [-0.2, -0.15) is 0 Å². The highest BCUT2D eigenvalue weighted by atomic mass is 35.5. The van der Waals surface area contributed by atoms with Gasteiger partial charge in [-0.15, -0.1) is 0 Å². The van der Waals surface area contributed by atoms with Crippen molar-refractivity contribution in [3.05, 3.63) is 29.3 Å². The summed E-state index contributed by atoms with van der Waals surface area (Å²) in [6.07, 6.45) is 2.34. The molecule has 1 atom stereocenters. The maximum atomic E-state index is 12.0. The molecular formula is C14H19ClN2O2. The van der Waals surface area contributed by atoms with Gasteiger partial charge in [-0.3, -0.25) is 4.79 Å². The van der Waals surface area contributed by atoms with Gasteiger partial charge in [0.05, 0.1) is 18.1 Å². The van der Waals surface area contributed by atoms with Gasteiger partial charge in [0, 0.05) is 19.1 Å². The van der Waals surface area contributed by atoms with Crippen LogP contribution in [0.2, 0.25) is 5.02 Å². The van der Waals surface area contributed by atoms with Gasteiger partial charge >= 0.3 is 0 Å². The van der Waals surface area contributed by atoms with Gasteiger partial charge in [-0.1, -0.05) is 23.7 Å². The lowest BCUT2D eigenvalue weighted by atomic mass is 10.1. The number of hydrogen-bond donors (Lipinski definition) is 1. The molecule has 0 aromatic heterocycles. The van der Waals surface area contributed by atoms with Gasteiger partial charge < -0.3 is 15.4 Å². The summed E-state index contributed by atoms with van der Waals surface area (Å²) >= 11 is 5.97. The molecule has 1 heterocycles. The molecule has 0 bridgehead atoms. The number of benzene rings is 1. The molecule has 4 nitrogen and oxygen atoms in total. The molecule has 1 aliphatic heterocycles. The highest BCUT2D eigenvalue weighted by Gasteiger charge is 2.20. The predicted octanol–water partition coefficient (Wildman–Crippen LogP) is 2.06. The maximum absolute atomic E-state index is 12.0. The van der Waals surface area contributed by atoms with Crippen LogP contribution in [0.15, 0.2) is 24.3 Å². The zero-order valence-electron chi connectivity index (χ0n) is 10.8. The highest BCUT2D eigenvalue weighted by Crippen LogP contribution is 2.23. The van der Waals surface area contributed by atoms with Gasteiger partial charge in [-0.05, 0) is 25.0 Å². The number of likely N-dealkylation sites (tertiary alicyclic amines) is 1. The Balaban J connectivity index is 1.76. The van der Waals surface area contributed by atoms with Crippen LogP contribution in [-0.4, -0.2) is 36.5 Å². The van der Waals surface area contributed by atoms with Gasteiger partial charge in [0.25, 0.3) is 0 Å². The second-order valence-electron chi connectivity index (χ2n) is 4.77. The zero-order valence-corrected chi connectivity index (χ0v) is 11.6. The summed E-state index contributed by atoms with van der Waals surface area (Å²) in [6.45, 7) is 1.80. The number of carbonyl (C=O) groups is 1. The van der Waals surface area contributed by atoms with Crippen LogP contribution in [0.1, 0.15) is 19.3 Å². The Morgan fingerprint density at radius 3 is 3.00 bits per heavy atom. The summed E-state index contributed by atoms with van der Waals surface area (Å²) < 4.78 is 5.51. The number of nitrogens with two attached hydrogens (primary N) is 1. The summed E-state index contributed by atoms with van der Waals surface area (Å²) in [6, 6.07) is 7.37. The number of halogens is 1. The molecule has 0 radical (unpaired) electrons. The summed E-state index contributed by atoms with van der Waals surface area (Å²) in [4.78, 5) is 13.8. The van der Waals surface area contributed by atoms with Crippen molar-refractivity contribution in [1.29, 1.82) is 0 Å². The van der Waals surface area contributed by atoms with Gasteiger partial charge in [-0.25, -0.2) is 0 Å². The minimum atomic E-state index is 0.0993. The minimum Gasteiger partial charge on any atom is -0.491 e. The number of piperidine rings is 1. The molecule has 1 aliphatic rings. The fourth-order valence-corrected chi connectivity index (χ4v) is 2.39. The standard InChI is InChI=1S/C14H19ClN2O2/c15-12-5-1-2-6-13(12)19-9-7-14(18)17-8-3-4-11(16)10-17/h1-2,5-6,11H,3-4,7-10,16H2. The normalized spacial score (nSPS) is 19.3. The fourth-order valence-electron chi connectivity index (χ4n) is 2.20. The van der Waals surface area contributed by atoms with Crippen molar-refractivity contribution in [2.75, 3.05) is 19.7 Å². The molecule has 1 aromatic rings. The molecule has 1 amide bonds. The van der Waals surface area contributed by atoms with Crippen molar-refractivity contribution in [3.63, 3.8) is 0 Å². The molecule has 1 fully saturated rings. The Bertz CT molecular complexity index is 439. The lowest BCUT2D eigenvalue weighted by Crippen LogP contribution is -2.46. The topological polar surface area (TPSA) is 55.6 Å². The summed E-state index contributed by atoms with van der Waals surface area (Å²) in [5.74, 6) is 0.717. The van der Waals surface area contributed by atoms with Gasteiger partial charge in [0.2, 0.25) is 5.91 Å². The molecule has 2 N–H and O–H groups in total. The third kappa shape index (κ3) is 4.11. The van der Waals surface area contributed by atoms with E-state index in [1.54, 1.807) is 12.1 Å². The maximum Gasteiger partial charge on any atom is 0.226 e. The summed E-state index contributed by atoms with van der Waals surface area (Å²) in [5.41, 5.74) is 5.86. The molecule has 0 aliphatic carbocycles. The largest absolute Gasteiger partial charge is 0.491 e. The smallest absolute Gasteiger partial charge is 0.226 e. The number of para-hydroxylation sites is 1. The Kier molecular flexibility index (Phi) is 5.05. The molecule has 5 heteroatoms. The molecule has 2 rings (SSSR count). The first-order chi connectivity index (χ1) is 9.16. The molecule has 104 valence electrons. The SMILES string of the molecule is NC1CCCN(C(=O)CCOc2ccccc2Cl)C1. The molecule has 1 unspecified atom stereocenters. The van der Waals surface area contributed by atoms with Gasteiger partial charge in [0.1, 0.15) is 5.75 Å². The molecule has 0 spiro atoms. The highest BCUT2D eigenvalue weighted by molar-refractivity contribution is 6.32. The van der Waals surface area contributed by atoms with Crippen molar-refractivity contribution < 1.29 is 9.53 Å². The number of ether oxygens (including phenoxy) is 1. The Labute approximate surface area is 118 Å². The molecule has 19 heavy (non-hydrogen) atoms. The van der Waals surface area contributed by atoms with E-state index < -0.39 is 0 Å². The predicted molar refractivity (Wildman–Crippen MR) is 75.4 cm³/mol. The van der Waals surface area contributed by atoms with E-state index in [1.807, 2.05) is 17.0 Å². The third-order valence-electron chi connectivity index (χ3n) is 3.22. The van der Waals surface area contributed by atoms with E-state index >= 15 is 0 Å². The van der Waals surface area contributed by atoms with E-state index in [4.69, 9.17) is 22.1 Å². The number of amides is 1. The van der Waals surface area contributed by atoms with E-state index in [9.17, 15) is 4.79 Å². The molecular weight excluding hydrogens is 264 g/mol. The van der Waals surface area contributed by atoms with Crippen LogP contribution in [0.25, 0.3) is 0 Å². The van der Waals surface area contributed by atoms with Crippen LogP contribution in [0.3, 0.4) is 0 Å². The Hall–Kier alpha value is -1.26. The monoisotopic (exact) mass is 282 g/mol. The Morgan fingerprint density at radius 1 is 1.47 bits per heavy atom. The molecule has 0 saturated carbocycles. The lowest BCUT2D eigenvalue weighted by molar-refractivity contribution is -0.132. The number of carbonyl (C=O) groups excluding carboxylic acids is 1. The number of nitrogens with zero attached hydrogens (tertiary/aromatic N) is 1. The first kappa shape index (κ1) is 14.2. The van der Waals surface area contributed by atoms with Crippen LogP contribution in [0.4, 0.5) is 0 Å². The van der Waals surface area contributed by atoms with Crippen molar-refractivity contribution in [2.45, 2.75) is 25.3 Å². The van der Waals surface area contributed by atoms with Crippen molar-refractivity contribution in [3.8, 4) is 5.75 Å². The van der Waals surface area contributed by atoms with Crippen molar-refractivity contribution in [1.82, 2.24) is 4.90 Å². The van der Waals surface area contributed by atoms with E-state index in [1.165, 1.54) is 0 Å². The second kappa shape index (κ2) is 6.78. The zero-order chi connectivity index (χ0) is 13.7. The first-order valence-electron chi connectivity index (χ1n) is 6.57. The summed E-state index contributed by atoms with van der Waals surface area (Å²) in [5, 5.41) is 0.565. The van der Waals surface area contributed by atoms with Crippen LogP contribution in [-0.2, 0) is 4.79 Å². The first-order valence-corrected chi connectivity index (χ1v) is 6.95. The second-order valence-corrected chi connectivity index (χ2v) is 5.18. The van der Waals surface area contributed by atoms with Crippen LogP contribution in [0.5, 0.6) is 5.75 Å². The van der Waals surface area contributed by atoms with Crippen LogP contribution >= 0.6 is 11.6 Å². The van der Waals surface area contributed by atoms with E-state index in [-0.39, 0.29) is 11.9 Å². The number of rotatable bonds is 4. The third-order valence-corrected chi connectivity index (χ3v) is 3.53. The lowest BCUT2D eigenvalue weighted by Gasteiger charge is -2.30. The minimum absolute atomic E-state index is 0.0993. The van der Waals surface area contributed by atoms with E-state index in [0.29, 0.717) is 30.3 Å². The van der Waals surface area contributed by atoms with E-state index in [0.717, 1.165) is 19.4 Å². The van der Waals surface area contributed by atoms with Crippen molar-refractivity contribution >= 4 is 17.5 Å². The average molecular weight is 283 g/mol. The summed E-state index contributed by atoms with van der Waals surface area (Å²) in [7, 11) is 0. The molecule has 1 saturated heterocycles. The Morgan fingerprint density at radius 2 is 2.26 bits per heavy atom. The van der Waals surface area contributed by atoms with Gasteiger partial charge in [0.15, 0.2) is 0 Å².